The van der Waals surface area contributed by atoms with Crippen molar-refractivity contribution in [1.29, 1.82) is 0 Å². The molecule has 0 saturated carbocycles. The second-order valence-electron chi connectivity index (χ2n) is 12.8. The molecule has 0 radical (unpaired) electrons. The first-order valence-corrected chi connectivity index (χ1v) is 18.0. The molecule has 10 heteroatoms. The number of aliphatic hydroxyl groups excluding tert-OH is 1. The van der Waals surface area contributed by atoms with Crippen molar-refractivity contribution >= 4 is 14.3 Å². The van der Waals surface area contributed by atoms with Crippen LogP contribution in [0.3, 0.4) is 0 Å². The third-order valence-electron chi connectivity index (χ3n) is 9.43. The predicted octanol–water partition coefficient (Wildman–Crippen LogP) is 5.25. The minimum atomic E-state index is -2.31. The molecule has 7 atom stereocenters. The van der Waals surface area contributed by atoms with Crippen LogP contribution in [0.5, 0.6) is 0 Å². The van der Waals surface area contributed by atoms with E-state index in [1.807, 2.05) is 13.8 Å². The summed E-state index contributed by atoms with van der Waals surface area (Å²) in [6, 6.07) is 0. The van der Waals surface area contributed by atoms with Crippen molar-refractivity contribution in [3.63, 3.8) is 0 Å². The zero-order chi connectivity index (χ0) is 29.9. The van der Waals surface area contributed by atoms with Gasteiger partial charge < -0.3 is 38.0 Å². The summed E-state index contributed by atoms with van der Waals surface area (Å²) in [4.78, 5) is 11.6. The fourth-order valence-electron chi connectivity index (χ4n) is 5.57. The number of hydrogen-bond acceptors (Lipinski definition) is 9. The lowest BCUT2D eigenvalue weighted by atomic mass is 9.89. The molecule has 0 aliphatic carbocycles. The SMILES string of the molecule is CCC1(CC)O[C@@H]2[C@H]([C@@H](O[Si](C)(C)C(C)(C)C)[C@H]3COC(CC)(CC)O3)O[C@@H](CC/C=C/C(=O)OC)[C@H](O)[C@@H]2O1. The fourth-order valence-corrected chi connectivity index (χ4v) is 6.89. The van der Waals surface area contributed by atoms with Crippen molar-refractivity contribution in [2.45, 2.75) is 159 Å². The maximum absolute atomic E-state index is 11.6. The number of aliphatic hydroxyl groups is 1. The molecule has 9 nitrogen and oxygen atoms in total. The van der Waals surface area contributed by atoms with Gasteiger partial charge in [-0.1, -0.05) is 54.5 Å². The van der Waals surface area contributed by atoms with E-state index >= 15 is 0 Å². The van der Waals surface area contributed by atoms with Gasteiger partial charge in [0.25, 0.3) is 0 Å². The van der Waals surface area contributed by atoms with Gasteiger partial charge in [-0.3, -0.25) is 0 Å². The van der Waals surface area contributed by atoms with E-state index in [1.165, 1.54) is 13.2 Å². The van der Waals surface area contributed by atoms with Crippen LogP contribution >= 0.6 is 0 Å². The third-order valence-corrected chi connectivity index (χ3v) is 13.9. The second-order valence-corrected chi connectivity index (χ2v) is 17.6. The Bertz CT molecular complexity index is 862. The molecule has 0 unspecified atom stereocenters. The Morgan fingerprint density at radius 1 is 1.02 bits per heavy atom. The number of rotatable bonds is 12. The van der Waals surface area contributed by atoms with Gasteiger partial charge in [-0.05, 0) is 56.7 Å². The molecule has 0 aromatic carbocycles. The summed E-state index contributed by atoms with van der Waals surface area (Å²) in [5.74, 6) is -1.87. The van der Waals surface area contributed by atoms with Crippen molar-refractivity contribution in [3.05, 3.63) is 12.2 Å². The topological polar surface area (TPSA) is 102 Å². The van der Waals surface area contributed by atoms with E-state index in [-0.39, 0.29) is 11.1 Å². The van der Waals surface area contributed by atoms with Crippen LogP contribution in [0, 0.1) is 0 Å². The van der Waals surface area contributed by atoms with E-state index in [4.69, 9.17) is 32.8 Å². The number of methoxy groups -OCH3 is 1. The summed E-state index contributed by atoms with van der Waals surface area (Å²) in [6.45, 7) is 19.7. The molecule has 0 amide bonds. The smallest absolute Gasteiger partial charge is 0.330 e. The van der Waals surface area contributed by atoms with Gasteiger partial charge in [0, 0.05) is 6.08 Å². The molecule has 232 valence electrons. The molecule has 0 aromatic heterocycles. The van der Waals surface area contributed by atoms with Crippen LogP contribution in [0.4, 0.5) is 0 Å². The molecule has 3 rings (SSSR count). The molecule has 3 heterocycles. The summed E-state index contributed by atoms with van der Waals surface area (Å²) in [5.41, 5.74) is 0. The minimum absolute atomic E-state index is 0.0490. The van der Waals surface area contributed by atoms with Gasteiger partial charge in [0.2, 0.25) is 0 Å². The quantitative estimate of drug-likeness (QED) is 0.187. The molecule has 3 aliphatic heterocycles. The number of ether oxygens (including phenoxy) is 6. The number of allylic oxidation sites excluding steroid dienone is 1. The number of carbonyl (C=O) groups excluding carboxylic acids is 1. The number of fused-ring (bicyclic) bond motifs is 1. The maximum Gasteiger partial charge on any atom is 0.330 e. The first-order valence-electron chi connectivity index (χ1n) is 15.1. The normalized spacial score (nSPS) is 32.8. The van der Waals surface area contributed by atoms with Crippen LogP contribution in [0.2, 0.25) is 18.1 Å². The van der Waals surface area contributed by atoms with E-state index < -0.39 is 62.5 Å². The predicted molar refractivity (Wildman–Crippen MR) is 154 cm³/mol. The molecular weight excluding hydrogens is 532 g/mol. The molecular formula is C30H54O9Si. The average molecular weight is 587 g/mol. The van der Waals surface area contributed by atoms with Crippen molar-refractivity contribution in [2.24, 2.45) is 0 Å². The van der Waals surface area contributed by atoms with Crippen LogP contribution in [0.1, 0.15) is 87.0 Å². The van der Waals surface area contributed by atoms with Crippen molar-refractivity contribution in [3.8, 4) is 0 Å². The Morgan fingerprint density at radius 2 is 1.62 bits per heavy atom. The van der Waals surface area contributed by atoms with Crippen LogP contribution in [-0.4, -0.2) is 87.4 Å². The molecule has 3 saturated heterocycles. The van der Waals surface area contributed by atoms with Gasteiger partial charge >= 0.3 is 5.97 Å². The Morgan fingerprint density at radius 3 is 2.15 bits per heavy atom. The zero-order valence-corrected chi connectivity index (χ0v) is 27.4. The molecule has 3 fully saturated rings. The summed E-state index contributed by atoms with van der Waals surface area (Å²) >= 11 is 0. The monoisotopic (exact) mass is 586 g/mol. The van der Waals surface area contributed by atoms with Crippen molar-refractivity contribution in [2.75, 3.05) is 13.7 Å². The van der Waals surface area contributed by atoms with Crippen LogP contribution in [0.25, 0.3) is 0 Å². The van der Waals surface area contributed by atoms with E-state index in [0.29, 0.717) is 32.3 Å². The molecule has 1 N–H and O–H groups in total. The van der Waals surface area contributed by atoms with Gasteiger partial charge in [-0.2, -0.15) is 0 Å². The maximum atomic E-state index is 11.6. The van der Waals surface area contributed by atoms with Crippen LogP contribution in [-0.2, 0) is 37.6 Å². The molecule has 0 spiro atoms. The highest BCUT2D eigenvalue weighted by Crippen LogP contribution is 2.46. The number of carbonyl (C=O) groups is 1. The Hall–Kier alpha value is -0.853. The van der Waals surface area contributed by atoms with E-state index in [2.05, 4.69) is 47.7 Å². The largest absolute Gasteiger partial charge is 0.466 e. The lowest BCUT2D eigenvalue weighted by molar-refractivity contribution is -0.235. The first-order chi connectivity index (χ1) is 18.7. The standard InChI is InChI=1S/C30H54O9Si/c1-11-29(12-2)34-19-21(36-29)24(39-40(9,10)28(5,6)7)26-27-25(37-30(13-3,14-4)38-27)23(32)20(35-26)17-15-16-18-22(31)33-8/h16,18,20-21,23-27,32H,11-15,17,19H2,1-10H3/b18-16+/t20-,21+,23-,24-,25-,26-,27-/m0/s1. The molecule has 0 aromatic rings. The molecule has 0 bridgehead atoms. The van der Waals surface area contributed by atoms with Gasteiger partial charge in [-0.25, -0.2) is 4.79 Å². The lowest BCUT2D eigenvalue weighted by Crippen LogP contribution is -2.64. The highest BCUT2D eigenvalue weighted by molar-refractivity contribution is 6.74. The summed E-state index contributed by atoms with van der Waals surface area (Å²) in [7, 11) is -0.960. The van der Waals surface area contributed by atoms with Gasteiger partial charge in [0.15, 0.2) is 19.9 Å². The molecule has 40 heavy (non-hydrogen) atoms. The minimum Gasteiger partial charge on any atom is -0.466 e. The van der Waals surface area contributed by atoms with Crippen molar-refractivity contribution in [1.82, 2.24) is 0 Å². The highest BCUT2D eigenvalue weighted by atomic mass is 28.4. The van der Waals surface area contributed by atoms with Crippen LogP contribution in [0.15, 0.2) is 12.2 Å². The number of hydrogen-bond donors (Lipinski definition) is 1. The number of esters is 1. The molecule has 3 aliphatic rings. The van der Waals surface area contributed by atoms with E-state index in [0.717, 1.165) is 12.8 Å². The zero-order valence-electron chi connectivity index (χ0n) is 26.4. The van der Waals surface area contributed by atoms with Crippen molar-refractivity contribution < 1.29 is 42.7 Å². The fraction of sp³-hybridized carbons (Fsp3) is 0.900. The van der Waals surface area contributed by atoms with Gasteiger partial charge in [0.05, 0.1) is 19.8 Å². The van der Waals surface area contributed by atoms with Crippen LogP contribution < -0.4 is 0 Å². The average Bonchev–Trinajstić information content (AvgIpc) is 3.54. The third kappa shape index (κ3) is 7.02. The van der Waals surface area contributed by atoms with E-state index in [1.54, 1.807) is 6.08 Å². The Labute approximate surface area is 242 Å². The summed E-state index contributed by atoms with van der Waals surface area (Å²) in [6.07, 6.45) is 2.96. The summed E-state index contributed by atoms with van der Waals surface area (Å²) < 4.78 is 44.7. The van der Waals surface area contributed by atoms with E-state index in [9.17, 15) is 9.90 Å². The lowest BCUT2D eigenvalue weighted by Gasteiger charge is -2.48. The van der Waals surface area contributed by atoms with Gasteiger partial charge in [-0.15, -0.1) is 0 Å². The summed E-state index contributed by atoms with van der Waals surface area (Å²) in [5, 5.41) is 11.4. The second kappa shape index (κ2) is 13.2. The Balaban J connectivity index is 1.99. The Kier molecular flexibility index (Phi) is 11.1. The first kappa shape index (κ1) is 33.6. The highest BCUT2D eigenvalue weighted by Gasteiger charge is 2.61. The van der Waals surface area contributed by atoms with Gasteiger partial charge in [0.1, 0.15) is 36.6 Å².